The Morgan fingerprint density at radius 3 is 2.33 bits per heavy atom. The van der Waals surface area contributed by atoms with Gasteiger partial charge in [0.15, 0.2) is 0 Å². The van der Waals surface area contributed by atoms with Gasteiger partial charge in [0.1, 0.15) is 5.01 Å². The zero-order chi connectivity index (χ0) is 15.5. The number of hydrogen-bond donors (Lipinski definition) is 1. The second-order valence-electron chi connectivity index (χ2n) is 7.45. The Morgan fingerprint density at radius 2 is 1.81 bits per heavy atom. The predicted octanol–water partition coefficient (Wildman–Crippen LogP) is 4.92. The zero-order valence-electron chi connectivity index (χ0n) is 14.5. The molecule has 0 aromatic carbocycles. The molecule has 1 aliphatic rings. The number of aryl methyl sites for hydroxylation is 2. The first kappa shape index (κ1) is 17.0. The number of hydrogen-bond acceptors (Lipinski definition) is 3. The number of nitrogens with one attached hydrogen (secondary N) is 1. The summed E-state index contributed by atoms with van der Waals surface area (Å²) < 4.78 is 0. The first-order chi connectivity index (χ1) is 9.97. The minimum Gasteiger partial charge on any atom is -0.305 e. The molecule has 0 bridgehead atoms. The Bertz CT molecular complexity index is 417. The third kappa shape index (κ3) is 4.07. The molecule has 120 valence electrons. The molecule has 1 aliphatic carbocycles. The van der Waals surface area contributed by atoms with Crippen LogP contribution in [0.4, 0.5) is 0 Å². The smallest absolute Gasteiger partial charge is 0.113 e. The molecule has 0 saturated carbocycles. The van der Waals surface area contributed by atoms with Gasteiger partial charge in [-0.05, 0) is 56.9 Å². The van der Waals surface area contributed by atoms with Crippen LogP contribution in [0.2, 0.25) is 0 Å². The molecule has 3 heteroatoms. The number of thiazole rings is 1. The second-order valence-corrected chi connectivity index (χ2v) is 8.53. The van der Waals surface area contributed by atoms with E-state index in [9.17, 15) is 0 Å². The lowest BCUT2D eigenvalue weighted by Gasteiger charge is -2.36. The van der Waals surface area contributed by atoms with Crippen LogP contribution in [0.3, 0.4) is 0 Å². The average molecular weight is 309 g/mol. The van der Waals surface area contributed by atoms with Crippen molar-refractivity contribution in [2.45, 2.75) is 78.7 Å². The topological polar surface area (TPSA) is 24.9 Å². The molecule has 0 aliphatic heterocycles. The molecular formula is C18H32N2S. The Kier molecular flexibility index (Phi) is 5.84. The third-order valence-electron chi connectivity index (χ3n) is 4.23. The van der Waals surface area contributed by atoms with Crippen molar-refractivity contribution < 1.29 is 0 Å². The summed E-state index contributed by atoms with van der Waals surface area (Å²) in [6, 6.07) is 0. The lowest BCUT2D eigenvalue weighted by molar-refractivity contribution is 0.224. The fourth-order valence-corrected chi connectivity index (χ4v) is 4.97. The van der Waals surface area contributed by atoms with E-state index in [0.29, 0.717) is 11.8 Å². The molecule has 2 nitrogen and oxygen atoms in total. The summed E-state index contributed by atoms with van der Waals surface area (Å²) in [5.41, 5.74) is 1.48. The van der Waals surface area contributed by atoms with Crippen molar-refractivity contribution in [1.82, 2.24) is 10.3 Å². The summed E-state index contributed by atoms with van der Waals surface area (Å²) in [6.45, 7) is 12.7. The van der Waals surface area contributed by atoms with Gasteiger partial charge in [-0.3, -0.25) is 0 Å². The van der Waals surface area contributed by atoms with E-state index in [0.717, 1.165) is 6.54 Å². The van der Waals surface area contributed by atoms with E-state index in [1.165, 1.54) is 49.2 Å². The number of fused-ring (bicyclic) bond motifs is 1. The monoisotopic (exact) mass is 308 g/mol. The van der Waals surface area contributed by atoms with Gasteiger partial charge in [-0.15, -0.1) is 11.3 Å². The lowest BCUT2D eigenvalue weighted by atomic mass is 9.82. The van der Waals surface area contributed by atoms with Gasteiger partial charge < -0.3 is 5.32 Å². The maximum Gasteiger partial charge on any atom is 0.113 e. The summed E-state index contributed by atoms with van der Waals surface area (Å²) >= 11 is 1.99. The first-order valence-corrected chi connectivity index (χ1v) is 9.52. The SMILES string of the molecule is CCCNC(CC(C)C)(CC(C)C)c1nc2c(s1)CCC2. The minimum absolute atomic E-state index is 0.0906. The van der Waals surface area contributed by atoms with E-state index in [-0.39, 0.29) is 5.54 Å². The van der Waals surface area contributed by atoms with Crippen LogP contribution in [-0.4, -0.2) is 11.5 Å². The highest BCUT2D eigenvalue weighted by Crippen LogP contribution is 2.40. The van der Waals surface area contributed by atoms with Crippen molar-refractivity contribution in [3.05, 3.63) is 15.6 Å². The maximum absolute atomic E-state index is 5.08. The molecule has 1 N–H and O–H groups in total. The number of nitrogens with zero attached hydrogens (tertiary/aromatic N) is 1. The molecule has 0 fully saturated rings. The zero-order valence-corrected chi connectivity index (χ0v) is 15.3. The van der Waals surface area contributed by atoms with E-state index in [4.69, 9.17) is 4.98 Å². The van der Waals surface area contributed by atoms with Crippen molar-refractivity contribution in [2.24, 2.45) is 11.8 Å². The minimum atomic E-state index is 0.0906. The average Bonchev–Trinajstić information content (AvgIpc) is 2.95. The van der Waals surface area contributed by atoms with Crippen molar-refractivity contribution >= 4 is 11.3 Å². The van der Waals surface area contributed by atoms with Crippen LogP contribution in [0.25, 0.3) is 0 Å². The first-order valence-electron chi connectivity index (χ1n) is 8.71. The Hall–Kier alpha value is -0.410. The Morgan fingerprint density at radius 1 is 1.14 bits per heavy atom. The van der Waals surface area contributed by atoms with Gasteiger partial charge in [0, 0.05) is 4.88 Å². The van der Waals surface area contributed by atoms with Gasteiger partial charge in [0.2, 0.25) is 0 Å². The van der Waals surface area contributed by atoms with E-state index < -0.39 is 0 Å². The summed E-state index contributed by atoms with van der Waals surface area (Å²) in [6.07, 6.45) is 7.32. The number of aromatic nitrogens is 1. The highest BCUT2D eigenvalue weighted by molar-refractivity contribution is 7.12. The normalized spacial score (nSPS) is 15.2. The molecule has 0 radical (unpaired) electrons. The van der Waals surface area contributed by atoms with Crippen molar-refractivity contribution in [1.29, 1.82) is 0 Å². The second kappa shape index (κ2) is 7.23. The van der Waals surface area contributed by atoms with Crippen LogP contribution < -0.4 is 5.32 Å². The summed E-state index contributed by atoms with van der Waals surface area (Å²) in [7, 11) is 0. The molecule has 1 heterocycles. The van der Waals surface area contributed by atoms with Crippen LogP contribution in [0.15, 0.2) is 0 Å². The maximum atomic E-state index is 5.08. The molecule has 0 unspecified atom stereocenters. The molecule has 1 aromatic heterocycles. The van der Waals surface area contributed by atoms with Gasteiger partial charge in [-0.2, -0.15) is 0 Å². The van der Waals surface area contributed by atoms with Crippen LogP contribution in [0.5, 0.6) is 0 Å². The Labute approximate surface area is 134 Å². The predicted molar refractivity (Wildman–Crippen MR) is 93.0 cm³/mol. The van der Waals surface area contributed by atoms with Crippen LogP contribution in [0, 0.1) is 11.8 Å². The standard InChI is InChI=1S/C18H32N2S/c1-6-10-19-18(11-13(2)3,12-14(4)5)17-20-15-8-7-9-16(15)21-17/h13-14,19H,6-12H2,1-5H3. The largest absolute Gasteiger partial charge is 0.305 e. The van der Waals surface area contributed by atoms with Gasteiger partial charge in [0.25, 0.3) is 0 Å². The van der Waals surface area contributed by atoms with Crippen molar-refractivity contribution in [3.8, 4) is 0 Å². The molecule has 21 heavy (non-hydrogen) atoms. The van der Waals surface area contributed by atoms with Gasteiger partial charge in [0.05, 0.1) is 11.2 Å². The van der Waals surface area contributed by atoms with Crippen LogP contribution in [0.1, 0.15) is 75.9 Å². The highest BCUT2D eigenvalue weighted by Gasteiger charge is 2.37. The fourth-order valence-electron chi connectivity index (χ4n) is 3.63. The molecule has 1 aromatic rings. The van der Waals surface area contributed by atoms with E-state index in [1.54, 1.807) is 4.88 Å². The quantitative estimate of drug-likeness (QED) is 0.737. The molecular weight excluding hydrogens is 276 g/mol. The van der Waals surface area contributed by atoms with Crippen molar-refractivity contribution in [3.63, 3.8) is 0 Å². The highest BCUT2D eigenvalue weighted by atomic mass is 32.1. The van der Waals surface area contributed by atoms with Crippen LogP contribution in [-0.2, 0) is 18.4 Å². The Balaban J connectivity index is 2.34. The molecule has 2 rings (SSSR count). The molecule has 0 saturated heterocycles. The summed E-state index contributed by atoms with van der Waals surface area (Å²) in [4.78, 5) is 6.63. The van der Waals surface area contributed by atoms with Gasteiger partial charge in [-0.1, -0.05) is 34.6 Å². The summed E-state index contributed by atoms with van der Waals surface area (Å²) in [5, 5.41) is 5.26. The van der Waals surface area contributed by atoms with Crippen LogP contribution >= 0.6 is 11.3 Å². The molecule has 0 atom stereocenters. The third-order valence-corrected chi connectivity index (χ3v) is 5.59. The number of rotatable bonds is 8. The van der Waals surface area contributed by atoms with E-state index in [2.05, 4.69) is 39.9 Å². The summed E-state index contributed by atoms with van der Waals surface area (Å²) in [5.74, 6) is 1.37. The lowest BCUT2D eigenvalue weighted by Crippen LogP contribution is -2.45. The van der Waals surface area contributed by atoms with E-state index in [1.807, 2.05) is 11.3 Å². The van der Waals surface area contributed by atoms with E-state index >= 15 is 0 Å². The van der Waals surface area contributed by atoms with Crippen molar-refractivity contribution in [2.75, 3.05) is 6.54 Å². The molecule has 0 amide bonds. The van der Waals surface area contributed by atoms with Gasteiger partial charge in [-0.25, -0.2) is 4.98 Å². The van der Waals surface area contributed by atoms with Gasteiger partial charge >= 0.3 is 0 Å². The molecule has 0 spiro atoms. The fraction of sp³-hybridized carbons (Fsp3) is 0.833.